The third-order valence-corrected chi connectivity index (χ3v) is 10.7. The van der Waals surface area contributed by atoms with Gasteiger partial charge in [0.2, 0.25) is 0 Å². The molecule has 0 fully saturated rings. The van der Waals surface area contributed by atoms with Gasteiger partial charge in [0, 0.05) is 23.5 Å². The second kappa shape index (κ2) is 15.2. The van der Waals surface area contributed by atoms with Gasteiger partial charge >= 0.3 is 0 Å². The maximum atomic E-state index is 5.01. The first-order chi connectivity index (χ1) is 27.7. The van der Waals surface area contributed by atoms with E-state index in [-0.39, 0.29) is 0 Å². The molecular formula is C52H38N4. The molecule has 8 aromatic rings. The summed E-state index contributed by atoms with van der Waals surface area (Å²) >= 11 is 0. The third kappa shape index (κ3) is 6.27. The highest BCUT2D eigenvalue weighted by atomic mass is 15.0. The Morgan fingerprint density at radius 1 is 0.482 bits per heavy atom. The maximum Gasteiger partial charge on any atom is 0.161 e. The zero-order chi connectivity index (χ0) is 37.7. The Hall–Kier alpha value is -7.30. The molecule has 0 spiro atoms. The van der Waals surface area contributed by atoms with Crippen LogP contribution < -0.4 is 0 Å². The Morgan fingerprint density at radius 3 is 1.82 bits per heavy atom. The van der Waals surface area contributed by atoms with Crippen molar-refractivity contribution in [3.05, 3.63) is 245 Å². The van der Waals surface area contributed by atoms with Crippen molar-refractivity contribution >= 4 is 18.4 Å². The number of benzene rings is 7. The lowest BCUT2D eigenvalue weighted by molar-refractivity contribution is 0.766. The fourth-order valence-corrected chi connectivity index (χ4v) is 8.17. The van der Waals surface area contributed by atoms with E-state index in [0.717, 1.165) is 33.4 Å². The fourth-order valence-electron chi connectivity index (χ4n) is 8.17. The first-order valence-corrected chi connectivity index (χ1v) is 18.8. The number of nitrogens with zero attached hydrogens (tertiary/aromatic N) is 4. The van der Waals surface area contributed by atoms with Gasteiger partial charge in [-0.05, 0) is 92.2 Å². The average molecular weight is 719 g/mol. The first-order valence-electron chi connectivity index (χ1n) is 18.8. The summed E-state index contributed by atoms with van der Waals surface area (Å²) in [7, 11) is 0. The van der Waals surface area contributed by atoms with Crippen molar-refractivity contribution in [3.63, 3.8) is 0 Å². The molecule has 4 nitrogen and oxygen atoms in total. The van der Waals surface area contributed by atoms with Gasteiger partial charge < -0.3 is 0 Å². The molecule has 1 aliphatic carbocycles. The predicted octanol–water partition coefficient (Wildman–Crippen LogP) is 11.9. The van der Waals surface area contributed by atoms with Crippen molar-refractivity contribution in [2.24, 2.45) is 15.0 Å². The summed E-state index contributed by atoms with van der Waals surface area (Å²) in [6.45, 7) is 4.43. The summed E-state index contributed by atoms with van der Waals surface area (Å²) < 4.78 is 0. The van der Waals surface area contributed by atoms with E-state index in [2.05, 4.69) is 156 Å². The SMILES string of the molecule is C=NC(=NC(=NCc1ccccc1)c1ccccc1)c1cccc(-c2cccc(-c3cccc4c3-c3ccccc3C4(c3ccccc3)c3ccncc3)c2)c1. The zero-order valence-electron chi connectivity index (χ0n) is 30.8. The third-order valence-electron chi connectivity index (χ3n) is 10.7. The highest BCUT2D eigenvalue weighted by molar-refractivity contribution is 6.13. The highest BCUT2D eigenvalue weighted by Crippen LogP contribution is 2.58. The lowest BCUT2D eigenvalue weighted by Gasteiger charge is -2.33. The van der Waals surface area contributed by atoms with Crippen molar-refractivity contribution < 1.29 is 0 Å². The van der Waals surface area contributed by atoms with Crippen molar-refractivity contribution in [3.8, 4) is 33.4 Å². The minimum Gasteiger partial charge on any atom is -0.265 e. The minimum atomic E-state index is -0.492. The molecule has 1 aliphatic rings. The van der Waals surface area contributed by atoms with Crippen molar-refractivity contribution in [2.75, 3.05) is 0 Å². The van der Waals surface area contributed by atoms with Crippen LogP contribution in [0.5, 0.6) is 0 Å². The van der Waals surface area contributed by atoms with Gasteiger partial charge in [-0.3, -0.25) is 9.98 Å². The second-order valence-electron chi connectivity index (χ2n) is 13.9. The molecule has 0 saturated heterocycles. The van der Waals surface area contributed by atoms with Gasteiger partial charge in [0.15, 0.2) is 11.7 Å². The molecule has 1 aromatic heterocycles. The van der Waals surface area contributed by atoms with Gasteiger partial charge in [0.1, 0.15) is 0 Å². The number of hydrogen-bond donors (Lipinski definition) is 0. The van der Waals surface area contributed by atoms with Crippen LogP contribution >= 0.6 is 0 Å². The van der Waals surface area contributed by atoms with Crippen LogP contribution in [0.1, 0.15) is 38.9 Å². The number of pyridine rings is 1. The number of aliphatic imine (C=N–C) groups is 3. The van der Waals surface area contributed by atoms with E-state index in [1.54, 1.807) is 0 Å². The van der Waals surface area contributed by atoms with Crippen molar-refractivity contribution in [1.29, 1.82) is 0 Å². The van der Waals surface area contributed by atoms with Crippen molar-refractivity contribution in [2.45, 2.75) is 12.0 Å². The van der Waals surface area contributed by atoms with Crippen LogP contribution in [0.4, 0.5) is 0 Å². The van der Waals surface area contributed by atoms with E-state index in [4.69, 9.17) is 9.98 Å². The summed E-state index contributed by atoms with van der Waals surface area (Å²) in [5, 5.41) is 0. The van der Waals surface area contributed by atoms with Gasteiger partial charge in [-0.1, -0.05) is 170 Å². The average Bonchev–Trinajstić information content (AvgIpc) is 3.59. The predicted molar refractivity (Wildman–Crippen MR) is 232 cm³/mol. The van der Waals surface area contributed by atoms with Gasteiger partial charge in [0.05, 0.1) is 12.0 Å². The molecule has 4 heteroatoms. The van der Waals surface area contributed by atoms with Gasteiger partial charge in [0.25, 0.3) is 0 Å². The van der Waals surface area contributed by atoms with Crippen LogP contribution in [0.2, 0.25) is 0 Å². The summed E-state index contributed by atoms with van der Waals surface area (Å²) in [4.78, 5) is 18.8. The summed E-state index contributed by atoms with van der Waals surface area (Å²) in [6.07, 6.45) is 3.81. The number of aromatic nitrogens is 1. The zero-order valence-corrected chi connectivity index (χ0v) is 30.8. The second-order valence-corrected chi connectivity index (χ2v) is 13.9. The molecule has 1 unspecified atom stereocenters. The molecule has 56 heavy (non-hydrogen) atoms. The monoisotopic (exact) mass is 718 g/mol. The minimum absolute atomic E-state index is 0.492. The van der Waals surface area contributed by atoms with Crippen LogP contribution in [0.25, 0.3) is 33.4 Å². The molecule has 266 valence electrons. The van der Waals surface area contributed by atoms with Crippen LogP contribution in [0.3, 0.4) is 0 Å². The van der Waals surface area contributed by atoms with Gasteiger partial charge in [-0.15, -0.1) is 0 Å². The van der Waals surface area contributed by atoms with E-state index in [1.165, 1.54) is 38.9 Å². The summed E-state index contributed by atoms with van der Waals surface area (Å²) in [6, 6.07) is 68.2. The lowest BCUT2D eigenvalue weighted by atomic mass is 9.68. The van der Waals surface area contributed by atoms with E-state index in [9.17, 15) is 0 Å². The fraction of sp³-hybridized carbons (Fsp3) is 0.0385. The quantitative estimate of drug-likeness (QED) is 0.114. The van der Waals surface area contributed by atoms with E-state index >= 15 is 0 Å². The van der Waals surface area contributed by atoms with E-state index < -0.39 is 5.41 Å². The largest absolute Gasteiger partial charge is 0.265 e. The Balaban J connectivity index is 1.14. The molecule has 7 aromatic carbocycles. The topological polar surface area (TPSA) is 50.0 Å². The molecule has 0 saturated carbocycles. The van der Waals surface area contributed by atoms with Gasteiger partial charge in [-0.2, -0.15) is 0 Å². The standard InChI is InChI=1S/C52H38N4/c1-53-50(56-51(38-18-7-3-8-19-38)55-36-37-16-5-2-6-17-37)42-23-14-21-40(35-42)39-20-13-22-41(34-39)45-27-15-29-48-49(45)46-26-11-12-28-47(46)52(48,43-24-9-4-10-25-43)44-30-32-54-33-31-44/h2-35H,1,36H2. The van der Waals surface area contributed by atoms with Gasteiger partial charge in [-0.25, -0.2) is 9.98 Å². The summed E-state index contributed by atoms with van der Waals surface area (Å²) in [5.41, 5.74) is 14.4. The van der Waals surface area contributed by atoms with Crippen LogP contribution in [0, 0.1) is 0 Å². The Morgan fingerprint density at radius 2 is 1.05 bits per heavy atom. The Labute approximate surface area is 328 Å². The summed E-state index contributed by atoms with van der Waals surface area (Å²) in [5.74, 6) is 1.13. The Kier molecular flexibility index (Phi) is 9.36. The molecule has 1 atom stereocenters. The van der Waals surface area contributed by atoms with E-state index in [0.29, 0.717) is 18.2 Å². The molecule has 0 N–H and O–H groups in total. The van der Waals surface area contributed by atoms with Crippen LogP contribution in [-0.4, -0.2) is 23.4 Å². The number of hydrogen-bond acceptors (Lipinski definition) is 2. The normalized spacial score (nSPS) is 14.9. The van der Waals surface area contributed by atoms with Crippen LogP contribution in [-0.2, 0) is 12.0 Å². The molecule has 0 aliphatic heterocycles. The number of amidine groups is 2. The molecule has 0 bridgehead atoms. The molecule has 1 heterocycles. The molecule has 0 radical (unpaired) electrons. The smallest absolute Gasteiger partial charge is 0.161 e. The maximum absolute atomic E-state index is 5.01. The Bertz CT molecular complexity index is 2680. The highest BCUT2D eigenvalue weighted by Gasteiger charge is 2.46. The molecule has 9 rings (SSSR count). The molecular weight excluding hydrogens is 681 g/mol. The van der Waals surface area contributed by atoms with E-state index in [1.807, 2.05) is 67.0 Å². The van der Waals surface area contributed by atoms with Crippen molar-refractivity contribution in [1.82, 2.24) is 4.98 Å². The molecule has 0 amide bonds. The number of fused-ring (bicyclic) bond motifs is 3. The van der Waals surface area contributed by atoms with Crippen LogP contribution in [0.15, 0.2) is 221 Å². The first kappa shape index (κ1) is 34.5. The number of rotatable bonds is 8. The lowest BCUT2D eigenvalue weighted by Crippen LogP contribution is -2.28.